The fourth-order valence-corrected chi connectivity index (χ4v) is 5.33. The fourth-order valence-electron chi connectivity index (χ4n) is 5.33. The zero-order valence-electron chi connectivity index (χ0n) is 20.3. The molecule has 0 aromatic heterocycles. The van der Waals surface area contributed by atoms with E-state index >= 15 is 0 Å². The van der Waals surface area contributed by atoms with E-state index in [0.29, 0.717) is 6.54 Å². The quantitative estimate of drug-likeness (QED) is 0.516. The highest BCUT2D eigenvalue weighted by molar-refractivity contribution is 5.81. The summed E-state index contributed by atoms with van der Waals surface area (Å²) in [5, 5.41) is 14.9. The zero-order chi connectivity index (χ0) is 24.9. The normalized spacial score (nSPS) is 20.7. The molecule has 0 aliphatic heterocycles. The summed E-state index contributed by atoms with van der Waals surface area (Å²) in [6.07, 6.45) is 3.04. The highest BCUT2D eigenvalue weighted by Gasteiger charge is 2.33. The minimum Gasteiger partial charge on any atom is -0.481 e. The van der Waals surface area contributed by atoms with Crippen molar-refractivity contribution in [2.24, 2.45) is 17.8 Å². The lowest BCUT2D eigenvalue weighted by molar-refractivity contribution is -0.142. The van der Waals surface area contributed by atoms with Crippen LogP contribution in [0.1, 0.15) is 56.6 Å². The van der Waals surface area contributed by atoms with E-state index < -0.39 is 24.0 Å². The lowest BCUT2D eigenvalue weighted by Gasteiger charge is -2.32. The Bertz CT molecular complexity index is 1040. The maximum Gasteiger partial charge on any atom is 0.407 e. The van der Waals surface area contributed by atoms with Gasteiger partial charge in [-0.25, -0.2) is 4.79 Å². The zero-order valence-corrected chi connectivity index (χ0v) is 20.3. The maximum atomic E-state index is 12.9. The molecule has 0 bridgehead atoms. The minimum absolute atomic E-state index is 0.000862. The number of hydrogen-bond acceptors (Lipinski definition) is 4. The second-order valence-electron chi connectivity index (χ2n) is 9.78. The molecule has 3 N–H and O–H groups in total. The highest BCUT2D eigenvalue weighted by atomic mass is 16.5. The van der Waals surface area contributed by atoms with Crippen LogP contribution in [-0.4, -0.2) is 42.3 Å². The highest BCUT2D eigenvalue weighted by Crippen LogP contribution is 2.44. The minimum atomic E-state index is -0.935. The van der Waals surface area contributed by atoms with Gasteiger partial charge in [0.2, 0.25) is 5.91 Å². The second-order valence-corrected chi connectivity index (χ2v) is 9.78. The monoisotopic (exact) mass is 478 g/mol. The fraction of sp³-hybridized carbons (Fsp3) is 0.464. The van der Waals surface area contributed by atoms with Gasteiger partial charge in [0.05, 0.1) is 5.92 Å². The van der Waals surface area contributed by atoms with Crippen LogP contribution in [0.25, 0.3) is 11.1 Å². The first-order chi connectivity index (χ1) is 16.9. The van der Waals surface area contributed by atoms with Crippen LogP contribution in [0.2, 0.25) is 0 Å². The number of rotatable bonds is 8. The number of carboxylic acids is 1. The molecular weight excluding hydrogens is 444 g/mol. The summed E-state index contributed by atoms with van der Waals surface area (Å²) in [7, 11) is 0. The molecule has 2 aliphatic rings. The Labute approximate surface area is 206 Å². The lowest BCUT2D eigenvalue weighted by Crippen LogP contribution is -2.47. The Balaban J connectivity index is 1.32. The standard InChI is InChI=1S/C28H34N2O5/c1-17(27(32)33)18(2)30-26(31)20-10-4-3-9-19(20)15-29-28(34)35-16-25-23-13-7-5-11-21(23)22-12-6-8-14-24(22)25/h5-8,11-14,17-20,25H,3-4,9-10,15-16H2,1-2H3,(H,29,34)(H,30,31)(H,32,33)/t17?,18?,19-,20-/m1/s1. The molecule has 186 valence electrons. The number of carbonyl (C=O) groups excluding carboxylic acids is 2. The third-order valence-electron chi connectivity index (χ3n) is 7.61. The molecule has 4 atom stereocenters. The summed E-state index contributed by atoms with van der Waals surface area (Å²) >= 11 is 0. The molecule has 2 unspecified atom stereocenters. The van der Waals surface area contributed by atoms with Crippen LogP contribution in [0.3, 0.4) is 0 Å². The van der Waals surface area contributed by atoms with Gasteiger partial charge in [0.25, 0.3) is 0 Å². The Kier molecular flexibility index (Phi) is 7.73. The number of carbonyl (C=O) groups is 3. The molecule has 0 radical (unpaired) electrons. The van der Waals surface area contributed by atoms with Crippen LogP contribution in [0.15, 0.2) is 48.5 Å². The third-order valence-corrected chi connectivity index (χ3v) is 7.61. The lowest BCUT2D eigenvalue weighted by atomic mass is 9.78. The molecule has 0 spiro atoms. The summed E-state index contributed by atoms with van der Waals surface area (Å²) < 4.78 is 5.63. The van der Waals surface area contributed by atoms with E-state index in [1.165, 1.54) is 11.1 Å². The van der Waals surface area contributed by atoms with Crippen molar-refractivity contribution in [2.45, 2.75) is 51.5 Å². The van der Waals surface area contributed by atoms with Gasteiger partial charge in [0.15, 0.2) is 0 Å². The molecule has 1 fully saturated rings. The summed E-state index contributed by atoms with van der Waals surface area (Å²) in [6, 6.07) is 15.9. The molecule has 35 heavy (non-hydrogen) atoms. The van der Waals surface area contributed by atoms with E-state index in [1.54, 1.807) is 13.8 Å². The summed E-state index contributed by atoms with van der Waals surface area (Å²) in [5.41, 5.74) is 4.68. The summed E-state index contributed by atoms with van der Waals surface area (Å²) in [5.74, 6) is -1.99. The van der Waals surface area contributed by atoms with Gasteiger partial charge >= 0.3 is 12.1 Å². The topological polar surface area (TPSA) is 105 Å². The van der Waals surface area contributed by atoms with E-state index in [2.05, 4.69) is 34.9 Å². The van der Waals surface area contributed by atoms with Gasteiger partial charge in [-0.15, -0.1) is 0 Å². The Morgan fingerprint density at radius 3 is 2.20 bits per heavy atom. The van der Waals surface area contributed by atoms with E-state index in [4.69, 9.17) is 4.74 Å². The average Bonchev–Trinajstić information content (AvgIpc) is 3.19. The Hall–Kier alpha value is -3.35. The van der Waals surface area contributed by atoms with Crippen molar-refractivity contribution in [1.29, 1.82) is 0 Å². The first kappa shape index (κ1) is 24.8. The van der Waals surface area contributed by atoms with Gasteiger partial charge in [0, 0.05) is 24.4 Å². The van der Waals surface area contributed by atoms with E-state index in [0.717, 1.165) is 36.8 Å². The maximum absolute atomic E-state index is 12.9. The second kappa shape index (κ2) is 10.9. The van der Waals surface area contributed by atoms with Gasteiger partial charge < -0.3 is 20.5 Å². The van der Waals surface area contributed by atoms with Crippen LogP contribution in [0.4, 0.5) is 4.79 Å². The van der Waals surface area contributed by atoms with Crippen molar-refractivity contribution in [2.75, 3.05) is 13.2 Å². The molecule has 1 saturated carbocycles. The number of carboxylic acid groups (broad SMARTS) is 1. The van der Waals surface area contributed by atoms with Gasteiger partial charge in [-0.2, -0.15) is 0 Å². The van der Waals surface area contributed by atoms with Crippen LogP contribution in [-0.2, 0) is 14.3 Å². The summed E-state index contributed by atoms with van der Waals surface area (Å²) in [6.45, 7) is 3.91. The number of alkyl carbamates (subject to hydrolysis) is 1. The van der Waals surface area contributed by atoms with Crippen molar-refractivity contribution >= 4 is 18.0 Å². The van der Waals surface area contributed by atoms with E-state index in [-0.39, 0.29) is 30.3 Å². The first-order valence-electron chi connectivity index (χ1n) is 12.5. The first-order valence-corrected chi connectivity index (χ1v) is 12.5. The molecule has 2 aromatic rings. The number of benzene rings is 2. The largest absolute Gasteiger partial charge is 0.481 e. The number of hydrogen-bond donors (Lipinski definition) is 3. The predicted molar refractivity (Wildman–Crippen MR) is 133 cm³/mol. The molecule has 2 aromatic carbocycles. The smallest absolute Gasteiger partial charge is 0.407 e. The van der Waals surface area contributed by atoms with Crippen molar-refractivity contribution in [3.63, 3.8) is 0 Å². The Morgan fingerprint density at radius 1 is 0.971 bits per heavy atom. The van der Waals surface area contributed by atoms with E-state index in [1.807, 2.05) is 24.3 Å². The van der Waals surface area contributed by atoms with Crippen molar-refractivity contribution in [3.8, 4) is 11.1 Å². The SMILES string of the molecule is CC(NC(=O)[C@@H]1CCCC[C@@H]1CNC(=O)OCC1c2ccccc2-c2ccccc21)C(C)C(=O)O. The number of ether oxygens (including phenoxy) is 1. The van der Waals surface area contributed by atoms with Crippen molar-refractivity contribution < 1.29 is 24.2 Å². The van der Waals surface area contributed by atoms with E-state index in [9.17, 15) is 19.5 Å². The molecule has 4 rings (SSSR count). The van der Waals surface area contributed by atoms with Crippen molar-refractivity contribution in [1.82, 2.24) is 10.6 Å². The van der Waals surface area contributed by atoms with Gasteiger partial charge in [-0.05, 0) is 54.9 Å². The van der Waals surface area contributed by atoms with Crippen LogP contribution in [0.5, 0.6) is 0 Å². The van der Waals surface area contributed by atoms with Gasteiger partial charge in [-0.1, -0.05) is 61.4 Å². The predicted octanol–water partition coefficient (Wildman–Crippen LogP) is 4.56. The summed E-state index contributed by atoms with van der Waals surface area (Å²) in [4.78, 5) is 36.7. The molecule has 0 saturated heterocycles. The van der Waals surface area contributed by atoms with Crippen molar-refractivity contribution in [3.05, 3.63) is 59.7 Å². The number of fused-ring (bicyclic) bond motifs is 3. The Morgan fingerprint density at radius 2 is 1.57 bits per heavy atom. The van der Waals surface area contributed by atoms with Crippen LogP contribution in [0, 0.1) is 17.8 Å². The number of nitrogens with one attached hydrogen (secondary N) is 2. The van der Waals surface area contributed by atoms with Gasteiger partial charge in [0.1, 0.15) is 6.61 Å². The van der Waals surface area contributed by atoms with Gasteiger partial charge in [-0.3, -0.25) is 9.59 Å². The number of amides is 2. The molecular formula is C28H34N2O5. The molecule has 0 heterocycles. The number of aliphatic carboxylic acids is 1. The molecule has 7 nitrogen and oxygen atoms in total. The third kappa shape index (κ3) is 5.50. The van der Waals surface area contributed by atoms with Crippen LogP contribution < -0.4 is 10.6 Å². The average molecular weight is 479 g/mol. The molecule has 2 amide bonds. The van der Waals surface area contributed by atoms with Crippen LogP contribution >= 0.6 is 0 Å². The molecule has 7 heteroatoms. The molecule has 2 aliphatic carbocycles.